The molecule has 54 valence electrons. The van der Waals surface area contributed by atoms with Crippen molar-refractivity contribution in [3.05, 3.63) is 0 Å². The van der Waals surface area contributed by atoms with Gasteiger partial charge in [-0.3, -0.25) is 4.79 Å². The first-order chi connectivity index (χ1) is 3.98. The highest BCUT2D eigenvalue weighted by Gasteiger charge is 2.14. The molecule has 0 spiro atoms. The van der Waals surface area contributed by atoms with Crippen LogP contribution in [0.25, 0.3) is 0 Å². The topological polar surface area (TPSA) is 55.1 Å². The standard InChI is InChI=1S/C6H14N2O/c1-5(9)8-6(2,3)4-7/h4,7H2,1-3H3,(H,8,9). The number of rotatable bonds is 2. The number of nitrogens with two attached hydrogens (primary N) is 1. The molecule has 0 fully saturated rings. The summed E-state index contributed by atoms with van der Waals surface area (Å²) < 4.78 is 0. The van der Waals surface area contributed by atoms with Gasteiger partial charge >= 0.3 is 0 Å². The summed E-state index contributed by atoms with van der Waals surface area (Å²) in [5.74, 6) is -0.0366. The molecule has 0 bridgehead atoms. The summed E-state index contributed by atoms with van der Waals surface area (Å²) >= 11 is 0. The van der Waals surface area contributed by atoms with Crippen molar-refractivity contribution in [2.45, 2.75) is 26.3 Å². The second-order valence-electron chi connectivity index (χ2n) is 2.77. The molecule has 0 aliphatic rings. The Balaban J connectivity index is 3.71. The van der Waals surface area contributed by atoms with Crippen LogP contribution in [0.1, 0.15) is 20.8 Å². The summed E-state index contributed by atoms with van der Waals surface area (Å²) in [5.41, 5.74) is 5.08. The molecule has 3 N–H and O–H groups in total. The molecule has 0 aromatic carbocycles. The summed E-state index contributed by atoms with van der Waals surface area (Å²) in [7, 11) is 0. The Morgan fingerprint density at radius 2 is 2.11 bits per heavy atom. The van der Waals surface area contributed by atoms with Crippen molar-refractivity contribution in [3.8, 4) is 0 Å². The molecule has 9 heavy (non-hydrogen) atoms. The van der Waals surface area contributed by atoms with E-state index < -0.39 is 0 Å². The SMILES string of the molecule is CC(=O)NC(C)(C)CN. The highest BCUT2D eigenvalue weighted by molar-refractivity contribution is 5.73. The lowest BCUT2D eigenvalue weighted by Gasteiger charge is -2.22. The fourth-order valence-electron chi connectivity index (χ4n) is 0.528. The molecule has 0 atom stereocenters. The van der Waals surface area contributed by atoms with Gasteiger partial charge in [0.25, 0.3) is 0 Å². The van der Waals surface area contributed by atoms with Crippen molar-refractivity contribution in [2.24, 2.45) is 5.73 Å². The summed E-state index contributed by atoms with van der Waals surface area (Å²) in [6.07, 6.45) is 0. The van der Waals surface area contributed by atoms with Gasteiger partial charge in [-0.05, 0) is 13.8 Å². The number of carbonyl (C=O) groups is 1. The van der Waals surface area contributed by atoms with Crippen molar-refractivity contribution in [1.29, 1.82) is 0 Å². The lowest BCUT2D eigenvalue weighted by atomic mass is 10.1. The minimum absolute atomic E-state index is 0.0366. The second-order valence-corrected chi connectivity index (χ2v) is 2.77. The molecule has 0 aromatic rings. The lowest BCUT2D eigenvalue weighted by Crippen LogP contribution is -2.47. The van der Waals surface area contributed by atoms with E-state index in [1.165, 1.54) is 6.92 Å². The normalized spacial score (nSPS) is 11.1. The quantitative estimate of drug-likeness (QED) is 0.546. The maximum Gasteiger partial charge on any atom is 0.217 e. The van der Waals surface area contributed by atoms with E-state index in [-0.39, 0.29) is 11.4 Å². The van der Waals surface area contributed by atoms with Crippen LogP contribution in [-0.4, -0.2) is 18.0 Å². The van der Waals surface area contributed by atoms with E-state index in [1.54, 1.807) is 0 Å². The molecule has 0 aliphatic heterocycles. The van der Waals surface area contributed by atoms with Gasteiger partial charge in [-0.2, -0.15) is 0 Å². The van der Waals surface area contributed by atoms with E-state index in [9.17, 15) is 4.79 Å². The monoisotopic (exact) mass is 130 g/mol. The van der Waals surface area contributed by atoms with Gasteiger partial charge < -0.3 is 11.1 Å². The first-order valence-corrected chi connectivity index (χ1v) is 2.97. The van der Waals surface area contributed by atoms with Gasteiger partial charge in [0.15, 0.2) is 0 Å². The van der Waals surface area contributed by atoms with Crippen LogP contribution >= 0.6 is 0 Å². The van der Waals surface area contributed by atoms with Crippen molar-refractivity contribution >= 4 is 5.91 Å². The fourth-order valence-corrected chi connectivity index (χ4v) is 0.528. The molecular weight excluding hydrogens is 116 g/mol. The van der Waals surface area contributed by atoms with Gasteiger partial charge in [-0.25, -0.2) is 0 Å². The molecule has 1 amide bonds. The number of nitrogens with one attached hydrogen (secondary N) is 1. The Labute approximate surface area is 55.6 Å². The van der Waals surface area contributed by atoms with Crippen molar-refractivity contribution in [1.82, 2.24) is 5.32 Å². The summed E-state index contributed by atoms with van der Waals surface area (Å²) in [6.45, 7) is 5.72. The molecule has 0 rings (SSSR count). The molecule has 3 nitrogen and oxygen atoms in total. The molecule has 0 saturated heterocycles. The molecular formula is C6H14N2O. The van der Waals surface area contributed by atoms with E-state index in [0.717, 1.165) is 0 Å². The first-order valence-electron chi connectivity index (χ1n) is 2.97. The van der Waals surface area contributed by atoms with Crippen molar-refractivity contribution < 1.29 is 4.79 Å². The third kappa shape index (κ3) is 3.97. The van der Waals surface area contributed by atoms with Crippen LogP contribution in [0.3, 0.4) is 0 Å². The van der Waals surface area contributed by atoms with Crippen LogP contribution in [0.15, 0.2) is 0 Å². The van der Waals surface area contributed by atoms with Crippen LogP contribution in [0.5, 0.6) is 0 Å². The zero-order valence-electron chi connectivity index (χ0n) is 6.19. The minimum Gasteiger partial charge on any atom is -0.350 e. The third-order valence-electron chi connectivity index (χ3n) is 1.02. The predicted octanol–water partition coefficient (Wildman–Crippen LogP) is -0.140. The number of carbonyl (C=O) groups excluding carboxylic acids is 1. The van der Waals surface area contributed by atoms with E-state index in [4.69, 9.17) is 5.73 Å². The molecule has 0 saturated carbocycles. The average Bonchev–Trinajstić information content (AvgIpc) is 1.63. The van der Waals surface area contributed by atoms with Gasteiger partial charge in [-0.1, -0.05) is 0 Å². The van der Waals surface area contributed by atoms with Gasteiger partial charge in [0.05, 0.1) is 0 Å². The van der Waals surface area contributed by atoms with Gasteiger partial charge in [0.2, 0.25) is 5.91 Å². The Morgan fingerprint density at radius 3 is 2.22 bits per heavy atom. The molecule has 0 aliphatic carbocycles. The zero-order chi connectivity index (χ0) is 7.49. The van der Waals surface area contributed by atoms with Gasteiger partial charge in [0, 0.05) is 19.0 Å². The number of hydrogen-bond donors (Lipinski definition) is 2. The number of hydrogen-bond acceptors (Lipinski definition) is 2. The highest BCUT2D eigenvalue weighted by Crippen LogP contribution is 1.96. The molecule has 0 heterocycles. The van der Waals surface area contributed by atoms with Crippen LogP contribution < -0.4 is 11.1 Å². The van der Waals surface area contributed by atoms with Gasteiger partial charge in [0.1, 0.15) is 0 Å². The second kappa shape index (κ2) is 2.82. The van der Waals surface area contributed by atoms with Gasteiger partial charge in [-0.15, -0.1) is 0 Å². The maximum absolute atomic E-state index is 10.5. The molecule has 3 heteroatoms. The maximum atomic E-state index is 10.5. The van der Waals surface area contributed by atoms with Crippen LogP contribution in [0.2, 0.25) is 0 Å². The van der Waals surface area contributed by atoms with Crippen LogP contribution in [-0.2, 0) is 4.79 Å². The smallest absolute Gasteiger partial charge is 0.217 e. The molecule has 0 unspecified atom stereocenters. The zero-order valence-corrected chi connectivity index (χ0v) is 6.19. The van der Waals surface area contributed by atoms with Crippen molar-refractivity contribution in [2.75, 3.05) is 6.54 Å². The lowest BCUT2D eigenvalue weighted by molar-refractivity contribution is -0.120. The predicted molar refractivity (Wildman–Crippen MR) is 37.0 cm³/mol. The summed E-state index contributed by atoms with van der Waals surface area (Å²) in [6, 6.07) is 0. The van der Waals surface area contributed by atoms with E-state index in [0.29, 0.717) is 6.54 Å². The fraction of sp³-hybridized carbons (Fsp3) is 0.833. The molecule has 0 aromatic heterocycles. The largest absolute Gasteiger partial charge is 0.350 e. The average molecular weight is 130 g/mol. The summed E-state index contributed by atoms with van der Waals surface area (Å²) in [4.78, 5) is 10.5. The Bertz CT molecular complexity index is 110. The highest BCUT2D eigenvalue weighted by atomic mass is 16.1. The van der Waals surface area contributed by atoms with Crippen LogP contribution in [0.4, 0.5) is 0 Å². The Kier molecular flexibility index (Phi) is 2.65. The van der Waals surface area contributed by atoms with E-state index >= 15 is 0 Å². The molecule has 0 radical (unpaired) electrons. The number of amides is 1. The Morgan fingerprint density at radius 1 is 1.67 bits per heavy atom. The van der Waals surface area contributed by atoms with Crippen LogP contribution in [0, 0.1) is 0 Å². The van der Waals surface area contributed by atoms with E-state index in [1.807, 2.05) is 13.8 Å². The third-order valence-corrected chi connectivity index (χ3v) is 1.02. The van der Waals surface area contributed by atoms with E-state index in [2.05, 4.69) is 5.32 Å². The van der Waals surface area contributed by atoms with Crippen molar-refractivity contribution in [3.63, 3.8) is 0 Å². The Hall–Kier alpha value is -0.570. The summed E-state index contributed by atoms with van der Waals surface area (Å²) in [5, 5.41) is 2.70. The first kappa shape index (κ1) is 8.43. The minimum atomic E-state index is -0.258.